The van der Waals surface area contributed by atoms with Crippen molar-refractivity contribution in [2.24, 2.45) is 0 Å². The molecule has 4 rings (SSSR count). The number of H-pyrrole nitrogens is 1. The monoisotopic (exact) mass is 325 g/mol. The fourth-order valence-electron chi connectivity index (χ4n) is 3.25. The summed E-state index contributed by atoms with van der Waals surface area (Å²) in [6.45, 7) is 3.22. The number of rotatable bonds is 4. The van der Waals surface area contributed by atoms with Gasteiger partial charge >= 0.3 is 0 Å². The lowest BCUT2D eigenvalue weighted by Gasteiger charge is -2.17. The van der Waals surface area contributed by atoms with E-state index in [4.69, 9.17) is 0 Å². The third-order valence-electron chi connectivity index (χ3n) is 4.40. The van der Waals surface area contributed by atoms with Gasteiger partial charge in [0.2, 0.25) is 0 Å². The minimum Gasteiger partial charge on any atom is -0.381 e. The fraction of sp³-hybridized carbons (Fsp3) is 0.278. The van der Waals surface area contributed by atoms with Crippen LogP contribution in [0.25, 0.3) is 10.8 Å². The van der Waals surface area contributed by atoms with Gasteiger partial charge in [-0.15, -0.1) is 0 Å². The molecule has 118 valence electrons. The van der Waals surface area contributed by atoms with E-state index in [1.807, 2.05) is 18.2 Å². The van der Waals surface area contributed by atoms with Crippen LogP contribution < -0.4 is 10.9 Å². The maximum absolute atomic E-state index is 11.7. The molecule has 2 aromatic heterocycles. The SMILES string of the molecule is O=c1[nH]ccc2cc(NC3CCN(Cc4ccsc4)C3)ccc12. The highest BCUT2D eigenvalue weighted by molar-refractivity contribution is 7.07. The summed E-state index contributed by atoms with van der Waals surface area (Å²) >= 11 is 1.76. The van der Waals surface area contributed by atoms with Gasteiger partial charge in [-0.1, -0.05) is 0 Å². The van der Waals surface area contributed by atoms with Crippen LogP contribution in [0.5, 0.6) is 0 Å². The quantitative estimate of drug-likeness (QED) is 0.774. The van der Waals surface area contributed by atoms with Gasteiger partial charge in [0.05, 0.1) is 0 Å². The van der Waals surface area contributed by atoms with Crippen molar-refractivity contribution in [3.05, 3.63) is 63.2 Å². The zero-order valence-corrected chi connectivity index (χ0v) is 13.6. The third kappa shape index (κ3) is 3.16. The second-order valence-electron chi connectivity index (χ2n) is 6.11. The Hall–Kier alpha value is -2.11. The van der Waals surface area contributed by atoms with E-state index in [1.165, 1.54) is 5.56 Å². The molecule has 1 aliphatic heterocycles. The van der Waals surface area contributed by atoms with Crippen molar-refractivity contribution in [3.8, 4) is 0 Å². The van der Waals surface area contributed by atoms with Crippen LogP contribution in [0.15, 0.2) is 52.1 Å². The number of hydrogen-bond donors (Lipinski definition) is 2. The number of nitrogens with zero attached hydrogens (tertiary/aromatic N) is 1. The van der Waals surface area contributed by atoms with Crippen molar-refractivity contribution in [2.75, 3.05) is 18.4 Å². The molecule has 0 amide bonds. The second kappa shape index (κ2) is 6.18. The van der Waals surface area contributed by atoms with E-state index in [0.29, 0.717) is 6.04 Å². The van der Waals surface area contributed by atoms with Gasteiger partial charge in [0.15, 0.2) is 0 Å². The van der Waals surface area contributed by atoms with Gasteiger partial charge in [0, 0.05) is 42.9 Å². The van der Waals surface area contributed by atoms with Crippen molar-refractivity contribution in [1.82, 2.24) is 9.88 Å². The second-order valence-corrected chi connectivity index (χ2v) is 6.89. The molecule has 1 unspecified atom stereocenters. The fourth-order valence-corrected chi connectivity index (χ4v) is 3.91. The Morgan fingerprint density at radius 1 is 1.30 bits per heavy atom. The Bertz CT molecular complexity index is 856. The number of aromatic nitrogens is 1. The van der Waals surface area contributed by atoms with E-state index >= 15 is 0 Å². The molecule has 4 nitrogen and oxygen atoms in total. The minimum absolute atomic E-state index is 0.0307. The van der Waals surface area contributed by atoms with Gasteiger partial charge in [-0.2, -0.15) is 11.3 Å². The number of likely N-dealkylation sites (tertiary alicyclic amines) is 1. The van der Waals surface area contributed by atoms with Crippen LogP contribution in [0.2, 0.25) is 0 Å². The molecule has 0 spiro atoms. The number of hydrogen-bond acceptors (Lipinski definition) is 4. The lowest BCUT2D eigenvalue weighted by Crippen LogP contribution is -2.25. The topological polar surface area (TPSA) is 48.1 Å². The Morgan fingerprint density at radius 3 is 3.13 bits per heavy atom. The highest BCUT2D eigenvalue weighted by Gasteiger charge is 2.22. The van der Waals surface area contributed by atoms with Crippen LogP contribution in [-0.4, -0.2) is 29.0 Å². The summed E-state index contributed by atoms with van der Waals surface area (Å²) in [4.78, 5) is 17.0. The van der Waals surface area contributed by atoms with Gasteiger partial charge in [-0.25, -0.2) is 0 Å². The highest BCUT2D eigenvalue weighted by Crippen LogP contribution is 2.21. The average Bonchev–Trinajstić information content (AvgIpc) is 3.20. The molecular formula is C18H19N3OS. The van der Waals surface area contributed by atoms with Crippen molar-refractivity contribution in [3.63, 3.8) is 0 Å². The Kier molecular flexibility index (Phi) is 3.89. The predicted molar refractivity (Wildman–Crippen MR) is 96.2 cm³/mol. The average molecular weight is 325 g/mol. The van der Waals surface area contributed by atoms with Crippen molar-refractivity contribution in [2.45, 2.75) is 19.0 Å². The maximum atomic E-state index is 11.7. The van der Waals surface area contributed by atoms with Crippen molar-refractivity contribution in [1.29, 1.82) is 0 Å². The molecule has 1 aromatic carbocycles. The highest BCUT2D eigenvalue weighted by atomic mass is 32.1. The van der Waals surface area contributed by atoms with Crippen LogP contribution >= 0.6 is 11.3 Å². The van der Waals surface area contributed by atoms with E-state index in [0.717, 1.165) is 42.5 Å². The number of benzene rings is 1. The summed E-state index contributed by atoms with van der Waals surface area (Å²) in [5.41, 5.74) is 2.46. The van der Waals surface area contributed by atoms with E-state index in [1.54, 1.807) is 17.5 Å². The summed E-state index contributed by atoms with van der Waals surface area (Å²) < 4.78 is 0. The summed E-state index contributed by atoms with van der Waals surface area (Å²) in [7, 11) is 0. The standard InChI is InChI=1S/C18H19N3OS/c22-18-17-2-1-15(9-14(17)3-6-19-18)20-16-4-7-21(11-16)10-13-5-8-23-12-13/h1-3,5-6,8-9,12,16,20H,4,7,10-11H2,(H,19,22). The van der Waals surface area contributed by atoms with Crippen molar-refractivity contribution >= 4 is 27.8 Å². The van der Waals surface area contributed by atoms with Crippen LogP contribution in [0, 0.1) is 0 Å². The molecule has 5 heteroatoms. The molecule has 1 atom stereocenters. The normalized spacial score (nSPS) is 18.5. The summed E-state index contributed by atoms with van der Waals surface area (Å²) in [5.74, 6) is 0. The molecule has 2 N–H and O–H groups in total. The third-order valence-corrected chi connectivity index (χ3v) is 5.14. The molecule has 1 fully saturated rings. The van der Waals surface area contributed by atoms with Gasteiger partial charge in [0.1, 0.15) is 0 Å². The first-order chi connectivity index (χ1) is 11.3. The molecule has 0 bridgehead atoms. The summed E-state index contributed by atoms with van der Waals surface area (Å²) in [6.07, 6.45) is 2.85. The van der Waals surface area contributed by atoms with E-state index < -0.39 is 0 Å². The Labute approximate surface area is 138 Å². The van der Waals surface area contributed by atoms with E-state index in [2.05, 4.69) is 38.1 Å². The summed E-state index contributed by atoms with van der Waals surface area (Å²) in [6, 6.07) is 10.6. The van der Waals surface area contributed by atoms with Gasteiger partial charge < -0.3 is 10.3 Å². The lowest BCUT2D eigenvalue weighted by molar-refractivity contribution is 0.329. The minimum atomic E-state index is -0.0307. The molecular weight excluding hydrogens is 306 g/mol. The molecule has 1 aliphatic rings. The smallest absolute Gasteiger partial charge is 0.255 e. The first-order valence-electron chi connectivity index (χ1n) is 7.89. The van der Waals surface area contributed by atoms with E-state index in [-0.39, 0.29) is 5.56 Å². The predicted octanol–water partition coefficient (Wildman–Crippen LogP) is 3.28. The number of aromatic amines is 1. The van der Waals surface area contributed by atoms with Gasteiger partial charge in [-0.05, 0) is 58.5 Å². The molecule has 0 aliphatic carbocycles. The van der Waals surface area contributed by atoms with E-state index in [9.17, 15) is 4.79 Å². The molecule has 3 heterocycles. The van der Waals surface area contributed by atoms with Crippen LogP contribution in [-0.2, 0) is 6.54 Å². The zero-order chi connectivity index (χ0) is 15.6. The Morgan fingerprint density at radius 2 is 2.26 bits per heavy atom. The van der Waals surface area contributed by atoms with Crippen molar-refractivity contribution < 1.29 is 0 Å². The van der Waals surface area contributed by atoms with Crippen LogP contribution in [0.4, 0.5) is 5.69 Å². The molecule has 0 radical (unpaired) electrons. The first-order valence-corrected chi connectivity index (χ1v) is 8.84. The van der Waals surface area contributed by atoms with Gasteiger partial charge in [0.25, 0.3) is 5.56 Å². The zero-order valence-electron chi connectivity index (χ0n) is 12.8. The number of thiophene rings is 1. The Balaban J connectivity index is 1.43. The van der Waals surface area contributed by atoms with Crippen LogP contribution in [0.3, 0.4) is 0 Å². The largest absolute Gasteiger partial charge is 0.381 e. The number of anilines is 1. The lowest BCUT2D eigenvalue weighted by atomic mass is 10.1. The molecule has 23 heavy (non-hydrogen) atoms. The molecule has 0 saturated carbocycles. The number of nitrogens with one attached hydrogen (secondary N) is 2. The molecule has 3 aromatic rings. The maximum Gasteiger partial charge on any atom is 0.255 e. The first kappa shape index (κ1) is 14.5. The van der Waals surface area contributed by atoms with Crippen LogP contribution in [0.1, 0.15) is 12.0 Å². The number of pyridine rings is 1. The number of fused-ring (bicyclic) bond motifs is 1. The van der Waals surface area contributed by atoms with Gasteiger partial charge in [-0.3, -0.25) is 9.69 Å². The summed E-state index contributed by atoms with van der Waals surface area (Å²) in [5, 5.41) is 9.69. The molecule has 1 saturated heterocycles.